The number of carbonyl (C=O) groups excluding carboxylic acids is 1. The minimum absolute atomic E-state index is 0.0272. The number of hydrogen-bond donors (Lipinski definition) is 2. The van der Waals surface area contributed by atoms with Gasteiger partial charge in [0.25, 0.3) is 5.91 Å². The van der Waals surface area contributed by atoms with E-state index in [0.29, 0.717) is 11.4 Å². The highest BCUT2D eigenvalue weighted by Gasteiger charge is 2.04. The molecule has 2 rings (SSSR count). The van der Waals surface area contributed by atoms with Gasteiger partial charge in [-0.3, -0.25) is 4.79 Å². The molecule has 0 aliphatic heterocycles. The van der Waals surface area contributed by atoms with Gasteiger partial charge in [0, 0.05) is 11.4 Å². The summed E-state index contributed by atoms with van der Waals surface area (Å²) in [6.07, 6.45) is 2.16. The molecule has 0 aliphatic rings. The smallest absolute Gasteiger partial charge is 0.262 e. The number of carbonyl (C=O) groups is 1. The maximum atomic E-state index is 11.8. The number of aryl methyl sites for hydroxylation is 1. The molecule has 4 nitrogen and oxygen atoms in total. The number of ether oxygens (including phenoxy) is 1. The predicted molar refractivity (Wildman–Crippen MR) is 85.4 cm³/mol. The molecule has 1 amide bonds. The number of rotatable bonds is 6. The van der Waals surface area contributed by atoms with Crippen LogP contribution in [-0.2, 0) is 11.2 Å². The highest BCUT2D eigenvalue weighted by Crippen LogP contribution is 2.14. The molecule has 0 atom stereocenters. The van der Waals surface area contributed by atoms with Crippen LogP contribution in [0, 0.1) is 0 Å². The lowest BCUT2D eigenvalue weighted by Crippen LogP contribution is -2.20. The number of amides is 1. The van der Waals surface area contributed by atoms with E-state index in [4.69, 9.17) is 10.5 Å². The summed E-state index contributed by atoms with van der Waals surface area (Å²) in [6, 6.07) is 14.8. The van der Waals surface area contributed by atoms with Crippen LogP contribution < -0.4 is 15.8 Å². The van der Waals surface area contributed by atoms with Crippen LogP contribution in [0.15, 0.2) is 48.5 Å². The van der Waals surface area contributed by atoms with Gasteiger partial charge in [0.2, 0.25) is 0 Å². The maximum absolute atomic E-state index is 11.8. The van der Waals surface area contributed by atoms with Crippen molar-refractivity contribution in [2.24, 2.45) is 0 Å². The van der Waals surface area contributed by atoms with Gasteiger partial charge in [0.15, 0.2) is 6.61 Å². The van der Waals surface area contributed by atoms with E-state index in [0.717, 1.165) is 18.5 Å². The standard InChI is InChI=1S/C17H20N2O2/c1-2-3-13-4-8-15(9-5-13)19-17(20)12-21-16-10-6-14(18)7-11-16/h4-11H,2-3,12,18H2,1H3,(H,19,20). The van der Waals surface area contributed by atoms with Crippen LogP contribution in [-0.4, -0.2) is 12.5 Å². The van der Waals surface area contributed by atoms with E-state index in [1.54, 1.807) is 24.3 Å². The van der Waals surface area contributed by atoms with E-state index >= 15 is 0 Å². The summed E-state index contributed by atoms with van der Waals surface area (Å²) >= 11 is 0. The highest BCUT2D eigenvalue weighted by atomic mass is 16.5. The van der Waals surface area contributed by atoms with Crippen molar-refractivity contribution >= 4 is 17.3 Å². The molecule has 0 aliphatic carbocycles. The fourth-order valence-electron chi connectivity index (χ4n) is 1.95. The summed E-state index contributed by atoms with van der Waals surface area (Å²) in [5.41, 5.74) is 8.30. The van der Waals surface area contributed by atoms with E-state index in [1.165, 1.54) is 5.56 Å². The Balaban J connectivity index is 1.82. The predicted octanol–water partition coefficient (Wildman–Crippen LogP) is 3.24. The van der Waals surface area contributed by atoms with E-state index in [1.807, 2.05) is 24.3 Å². The topological polar surface area (TPSA) is 64.3 Å². The van der Waals surface area contributed by atoms with Gasteiger partial charge in [-0.05, 0) is 48.4 Å². The first-order chi connectivity index (χ1) is 10.2. The summed E-state index contributed by atoms with van der Waals surface area (Å²) < 4.78 is 5.39. The third-order valence-corrected chi connectivity index (χ3v) is 3.03. The Morgan fingerprint density at radius 2 is 1.76 bits per heavy atom. The average Bonchev–Trinajstić information content (AvgIpc) is 2.49. The monoisotopic (exact) mass is 284 g/mol. The number of anilines is 2. The number of nitrogens with one attached hydrogen (secondary N) is 1. The first-order valence-corrected chi connectivity index (χ1v) is 7.04. The lowest BCUT2D eigenvalue weighted by Gasteiger charge is -2.08. The van der Waals surface area contributed by atoms with Crippen LogP contribution in [0.25, 0.3) is 0 Å². The molecule has 0 radical (unpaired) electrons. The molecular formula is C17H20N2O2. The Morgan fingerprint density at radius 3 is 2.38 bits per heavy atom. The first-order valence-electron chi connectivity index (χ1n) is 7.04. The molecular weight excluding hydrogens is 264 g/mol. The molecule has 0 unspecified atom stereocenters. The molecule has 2 aromatic carbocycles. The van der Waals surface area contributed by atoms with E-state index < -0.39 is 0 Å². The molecule has 2 aromatic rings. The Morgan fingerprint density at radius 1 is 1.10 bits per heavy atom. The average molecular weight is 284 g/mol. The Bertz CT molecular complexity index is 577. The fraction of sp³-hybridized carbons (Fsp3) is 0.235. The van der Waals surface area contributed by atoms with Gasteiger partial charge in [0.1, 0.15) is 5.75 Å². The molecule has 21 heavy (non-hydrogen) atoms. The SMILES string of the molecule is CCCc1ccc(NC(=O)COc2ccc(N)cc2)cc1. The summed E-state index contributed by atoms with van der Waals surface area (Å²) in [5.74, 6) is 0.438. The van der Waals surface area contributed by atoms with Gasteiger partial charge >= 0.3 is 0 Å². The van der Waals surface area contributed by atoms with Crippen molar-refractivity contribution in [1.29, 1.82) is 0 Å². The van der Waals surface area contributed by atoms with Crippen molar-refractivity contribution in [3.63, 3.8) is 0 Å². The molecule has 0 fully saturated rings. The summed E-state index contributed by atoms with van der Waals surface area (Å²) in [5, 5.41) is 2.80. The lowest BCUT2D eigenvalue weighted by molar-refractivity contribution is -0.118. The van der Waals surface area contributed by atoms with Crippen molar-refractivity contribution < 1.29 is 9.53 Å². The van der Waals surface area contributed by atoms with Gasteiger partial charge in [-0.25, -0.2) is 0 Å². The minimum atomic E-state index is -0.185. The quantitative estimate of drug-likeness (QED) is 0.800. The molecule has 0 bridgehead atoms. The molecule has 3 N–H and O–H groups in total. The number of hydrogen-bond acceptors (Lipinski definition) is 3. The zero-order valence-electron chi connectivity index (χ0n) is 12.1. The van der Waals surface area contributed by atoms with E-state index in [9.17, 15) is 4.79 Å². The first kappa shape index (κ1) is 14.9. The number of nitrogen functional groups attached to an aromatic ring is 1. The van der Waals surface area contributed by atoms with Crippen LogP contribution in [0.4, 0.5) is 11.4 Å². The number of benzene rings is 2. The molecule has 0 saturated heterocycles. The minimum Gasteiger partial charge on any atom is -0.484 e. The molecule has 0 heterocycles. The van der Waals surface area contributed by atoms with Gasteiger partial charge in [-0.15, -0.1) is 0 Å². The van der Waals surface area contributed by atoms with E-state index in [-0.39, 0.29) is 12.5 Å². The second-order valence-electron chi connectivity index (χ2n) is 4.85. The van der Waals surface area contributed by atoms with Gasteiger partial charge < -0.3 is 15.8 Å². The third-order valence-electron chi connectivity index (χ3n) is 3.03. The second-order valence-corrected chi connectivity index (χ2v) is 4.85. The fourth-order valence-corrected chi connectivity index (χ4v) is 1.95. The van der Waals surface area contributed by atoms with Crippen LogP contribution >= 0.6 is 0 Å². The van der Waals surface area contributed by atoms with Crippen molar-refractivity contribution in [2.45, 2.75) is 19.8 Å². The Labute approximate surface area is 124 Å². The Kier molecular flexibility index (Phi) is 5.21. The van der Waals surface area contributed by atoms with Gasteiger partial charge in [-0.1, -0.05) is 25.5 Å². The largest absolute Gasteiger partial charge is 0.484 e. The summed E-state index contributed by atoms with van der Waals surface area (Å²) in [7, 11) is 0. The second kappa shape index (κ2) is 7.33. The van der Waals surface area contributed by atoms with Crippen molar-refractivity contribution in [3.8, 4) is 5.75 Å². The molecule has 4 heteroatoms. The van der Waals surface area contributed by atoms with Gasteiger partial charge in [0.05, 0.1) is 0 Å². The van der Waals surface area contributed by atoms with Crippen molar-refractivity contribution in [3.05, 3.63) is 54.1 Å². The van der Waals surface area contributed by atoms with E-state index in [2.05, 4.69) is 12.2 Å². The van der Waals surface area contributed by atoms with Crippen LogP contribution in [0.1, 0.15) is 18.9 Å². The molecule has 110 valence electrons. The molecule has 0 spiro atoms. The highest BCUT2D eigenvalue weighted by molar-refractivity contribution is 5.91. The van der Waals surface area contributed by atoms with Crippen molar-refractivity contribution in [2.75, 3.05) is 17.7 Å². The van der Waals surface area contributed by atoms with Crippen molar-refractivity contribution in [1.82, 2.24) is 0 Å². The van der Waals surface area contributed by atoms with Crippen LogP contribution in [0.3, 0.4) is 0 Å². The lowest BCUT2D eigenvalue weighted by atomic mass is 10.1. The zero-order valence-corrected chi connectivity index (χ0v) is 12.1. The normalized spacial score (nSPS) is 10.1. The number of nitrogens with two attached hydrogens (primary N) is 1. The molecule has 0 aromatic heterocycles. The van der Waals surface area contributed by atoms with Crippen LogP contribution in [0.2, 0.25) is 0 Å². The third kappa shape index (κ3) is 4.84. The Hall–Kier alpha value is -2.49. The van der Waals surface area contributed by atoms with Gasteiger partial charge in [-0.2, -0.15) is 0 Å². The summed E-state index contributed by atoms with van der Waals surface area (Å²) in [4.78, 5) is 11.8. The maximum Gasteiger partial charge on any atom is 0.262 e. The zero-order chi connectivity index (χ0) is 15.1. The van der Waals surface area contributed by atoms with Crippen LogP contribution in [0.5, 0.6) is 5.75 Å². The summed E-state index contributed by atoms with van der Waals surface area (Å²) in [6.45, 7) is 2.12. The molecule has 0 saturated carbocycles.